The second-order valence-corrected chi connectivity index (χ2v) is 6.94. The molecule has 0 saturated carbocycles. The van der Waals surface area contributed by atoms with Crippen molar-refractivity contribution in [2.45, 2.75) is 6.61 Å². The van der Waals surface area contributed by atoms with Crippen LogP contribution in [0.5, 0.6) is 17.2 Å². The average molecular weight is 486 g/mol. The molecule has 0 aliphatic rings. The lowest BCUT2D eigenvalue weighted by Gasteiger charge is -2.13. The van der Waals surface area contributed by atoms with Crippen molar-refractivity contribution >= 4 is 34.6 Å². The van der Waals surface area contributed by atoms with E-state index in [0.29, 0.717) is 35.0 Å². The van der Waals surface area contributed by atoms with E-state index >= 15 is 0 Å². The lowest BCUT2D eigenvalue weighted by molar-refractivity contribution is 0.0732. The van der Waals surface area contributed by atoms with Crippen LogP contribution in [0, 0.1) is 3.57 Å². The van der Waals surface area contributed by atoms with E-state index < -0.39 is 5.97 Å². The van der Waals surface area contributed by atoms with Crippen LogP contribution in [0.15, 0.2) is 73.3 Å². The highest BCUT2D eigenvalue weighted by molar-refractivity contribution is 14.1. The van der Waals surface area contributed by atoms with E-state index in [9.17, 15) is 4.79 Å². The Kier molecular flexibility index (Phi) is 6.71. The molecule has 0 bridgehead atoms. The van der Waals surface area contributed by atoms with Crippen molar-refractivity contribution in [2.24, 2.45) is 0 Å². The number of carbonyl (C=O) groups is 1. The normalized spacial score (nSPS) is 10.2. The fourth-order valence-corrected chi connectivity index (χ4v) is 3.31. The minimum atomic E-state index is -0.480. The van der Waals surface area contributed by atoms with Crippen molar-refractivity contribution in [2.75, 3.05) is 7.11 Å². The lowest BCUT2D eigenvalue weighted by Crippen LogP contribution is -2.12. The zero-order chi connectivity index (χ0) is 19.9. The molecule has 0 N–H and O–H groups in total. The number of methoxy groups -OCH3 is 1. The summed E-state index contributed by atoms with van der Waals surface area (Å²) in [4.78, 5) is 12.7. The lowest BCUT2D eigenvalue weighted by atomic mass is 10.1. The minimum Gasteiger partial charge on any atom is -0.496 e. The number of hydrogen-bond donors (Lipinski definition) is 0. The second kappa shape index (κ2) is 9.41. The zero-order valence-corrected chi connectivity index (χ0v) is 17.5. The van der Waals surface area contributed by atoms with Crippen molar-refractivity contribution in [3.05, 3.63) is 93.6 Å². The van der Waals surface area contributed by atoms with Gasteiger partial charge in [0.25, 0.3) is 0 Å². The molecule has 28 heavy (non-hydrogen) atoms. The van der Waals surface area contributed by atoms with Gasteiger partial charge in [-0.3, -0.25) is 0 Å². The van der Waals surface area contributed by atoms with Crippen molar-refractivity contribution < 1.29 is 19.0 Å². The molecule has 0 aromatic heterocycles. The van der Waals surface area contributed by atoms with Crippen LogP contribution in [-0.2, 0) is 6.61 Å². The Morgan fingerprint density at radius 2 is 1.64 bits per heavy atom. The first-order valence-corrected chi connectivity index (χ1v) is 9.68. The molecule has 142 valence electrons. The Hall–Kier alpha value is -2.80. The summed E-state index contributed by atoms with van der Waals surface area (Å²) in [5.74, 6) is 1.18. The Morgan fingerprint density at radius 1 is 0.964 bits per heavy atom. The molecule has 3 aromatic carbocycles. The molecule has 4 nitrogen and oxygen atoms in total. The van der Waals surface area contributed by atoms with Gasteiger partial charge in [-0.1, -0.05) is 55.1 Å². The fraction of sp³-hybridized carbons (Fsp3) is 0.0870. The SMILES string of the molecule is C=Cc1c(OC)cccc1C(=O)Oc1cccc(OCc2ccccc2)c1I. The molecule has 0 unspecified atom stereocenters. The van der Waals surface area contributed by atoms with E-state index in [1.165, 1.54) is 0 Å². The molecule has 0 spiro atoms. The van der Waals surface area contributed by atoms with Crippen molar-refractivity contribution in [1.82, 2.24) is 0 Å². The summed E-state index contributed by atoms with van der Waals surface area (Å²) in [6.45, 7) is 4.20. The largest absolute Gasteiger partial charge is 0.496 e. The molecule has 0 aliphatic carbocycles. The quantitative estimate of drug-likeness (QED) is 0.243. The number of benzene rings is 3. The molecule has 0 aliphatic heterocycles. The van der Waals surface area contributed by atoms with E-state index in [1.807, 2.05) is 36.4 Å². The third-order valence-electron chi connectivity index (χ3n) is 4.08. The Morgan fingerprint density at radius 3 is 2.36 bits per heavy atom. The first-order valence-electron chi connectivity index (χ1n) is 8.61. The topological polar surface area (TPSA) is 44.8 Å². The van der Waals surface area contributed by atoms with Gasteiger partial charge in [-0.15, -0.1) is 0 Å². The van der Waals surface area contributed by atoms with Gasteiger partial charge in [-0.25, -0.2) is 4.79 Å². The maximum atomic E-state index is 12.7. The summed E-state index contributed by atoms with van der Waals surface area (Å²) in [5.41, 5.74) is 2.05. The third-order valence-corrected chi connectivity index (χ3v) is 5.14. The maximum Gasteiger partial charge on any atom is 0.344 e. The first kappa shape index (κ1) is 19.9. The van der Waals surface area contributed by atoms with Crippen molar-refractivity contribution in [3.63, 3.8) is 0 Å². The number of esters is 1. The van der Waals surface area contributed by atoms with Gasteiger partial charge in [0.05, 0.1) is 16.2 Å². The Balaban J connectivity index is 1.80. The highest BCUT2D eigenvalue weighted by atomic mass is 127. The summed E-state index contributed by atoms with van der Waals surface area (Å²) in [6.07, 6.45) is 1.58. The molecular formula is C23H19IO4. The first-order chi connectivity index (χ1) is 13.6. The average Bonchev–Trinajstić information content (AvgIpc) is 2.74. The van der Waals surface area contributed by atoms with E-state index in [-0.39, 0.29) is 0 Å². The Labute approximate surface area is 177 Å². The number of hydrogen-bond acceptors (Lipinski definition) is 4. The van der Waals surface area contributed by atoms with Crippen LogP contribution in [0.1, 0.15) is 21.5 Å². The van der Waals surface area contributed by atoms with E-state index in [0.717, 1.165) is 9.13 Å². The molecule has 0 saturated heterocycles. The second-order valence-electron chi connectivity index (χ2n) is 5.86. The van der Waals surface area contributed by atoms with Gasteiger partial charge in [-0.2, -0.15) is 0 Å². The van der Waals surface area contributed by atoms with Gasteiger partial charge in [0.15, 0.2) is 0 Å². The molecule has 3 rings (SSSR count). The van der Waals surface area contributed by atoms with Crippen LogP contribution in [0.2, 0.25) is 0 Å². The standard InChI is InChI=1S/C23H19IO4/c1-3-17-18(11-7-12-19(17)26-2)23(25)28-21-14-8-13-20(22(21)24)27-15-16-9-5-4-6-10-16/h3-14H,1,15H2,2H3. The summed E-state index contributed by atoms with van der Waals surface area (Å²) < 4.78 is 17.6. The van der Waals surface area contributed by atoms with Crippen LogP contribution in [0.25, 0.3) is 6.08 Å². The predicted octanol–water partition coefficient (Wildman–Crippen LogP) is 5.74. The summed E-state index contributed by atoms with van der Waals surface area (Å²) in [6, 6.07) is 20.5. The van der Waals surface area contributed by atoms with E-state index in [4.69, 9.17) is 14.2 Å². The molecule has 0 heterocycles. The smallest absolute Gasteiger partial charge is 0.344 e. The molecule has 5 heteroatoms. The van der Waals surface area contributed by atoms with Gasteiger partial charge < -0.3 is 14.2 Å². The van der Waals surface area contributed by atoms with Crippen molar-refractivity contribution in [3.8, 4) is 17.2 Å². The Bertz CT molecular complexity index is 983. The highest BCUT2D eigenvalue weighted by Crippen LogP contribution is 2.32. The molecular weight excluding hydrogens is 467 g/mol. The third kappa shape index (κ3) is 4.54. The number of ether oxygens (including phenoxy) is 3. The van der Waals surface area contributed by atoms with Crippen molar-refractivity contribution in [1.29, 1.82) is 0 Å². The minimum absolute atomic E-state index is 0.390. The molecule has 0 atom stereocenters. The summed E-state index contributed by atoms with van der Waals surface area (Å²) in [7, 11) is 1.55. The fourth-order valence-electron chi connectivity index (χ4n) is 2.68. The summed E-state index contributed by atoms with van der Waals surface area (Å²) in [5, 5.41) is 0. The molecule has 3 aromatic rings. The van der Waals surface area contributed by atoms with E-state index in [1.54, 1.807) is 43.5 Å². The van der Waals surface area contributed by atoms with Gasteiger partial charge in [-0.05, 0) is 52.4 Å². The van der Waals surface area contributed by atoms with E-state index in [2.05, 4.69) is 29.2 Å². The van der Waals surface area contributed by atoms with Crippen LogP contribution in [-0.4, -0.2) is 13.1 Å². The van der Waals surface area contributed by atoms with Gasteiger partial charge in [0.2, 0.25) is 0 Å². The maximum absolute atomic E-state index is 12.7. The van der Waals surface area contributed by atoms with Crippen LogP contribution in [0.3, 0.4) is 0 Å². The molecule has 0 fully saturated rings. The predicted molar refractivity (Wildman–Crippen MR) is 118 cm³/mol. The zero-order valence-electron chi connectivity index (χ0n) is 15.4. The molecule has 0 radical (unpaired) electrons. The highest BCUT2D eigenvalue weighted by Gasteiger charge is 2.18. The monoisotopic (exact) mass is 486 g/mol. The van der Waals surface area contributed by atoms with Gasteiger partial charge in [0, 0.05) is 5.56 Å². The summed E-state index contributed by atoms with van der Waals surface area (Å²) >= 11 is 2.12. The van der Waals surface area contributed by atoms with Crippen LogP contribution >= 0.6 is 22.6 Å². The van der Waals surface area contributed by atoms with Gasteiger partial charge in [0.1, 0.15) is 23.9 Å². The number of carbonyl (C=O) groups excluding carboxylic acids is 1. The number of halogens is 1. The number of rotatable bonds is 7. The van der Waals surface area contributed by atoms with Crippen LogP contribution in [0.4, 0.5) is 0 Å². The van der Waals surface area contributed by atoms with Crippen LogP contribution < -0.4 is 14.2 Å². The van der Waals surface area contributed by atoms with Gasteiger partial charge >= 0.3 is 5.97 Å². The molecule has 0 amide bonds.